The average Bonchev–Trinajstić information content (AvgIpc) is 3.25. The number of aryl methyl sites for hydroxylation is 1. The molecule has 1 N–H and O–H groups in total. The molecule has 1 aromatic heterocycles. The van der Waals surface area contributed by atoms with Crippen LogP contribution in [0, 0.1) is 0 Å². The minimum atomic E-state index is -0.439. The lowest BCUT2D eigenvalue weighted by Crippen LogP contribution is -2.44. The molecule has 2 aromatic carbocycles. The molecule has 1 saturated carbocycles. The Kier molecular flexibility index (Phi) is 5.60. The second kappa shape index (κ2) is 8.47. The van der Waals surface area contributed by atoms with Crippen LogP contribution < -0.4 is 16.6 Å². The summed E-state index contributed by atoms with van der Waals surface area (Å²) in [6.45, 7) is 0.193. The summed E-state index contributed by atoms with van der Waals surface area (Å²) in [5.74, 6) is -0.183. The molecule has 0 spiro atoms. The van der Waals surface area contributed by atoms with Gasteiger partial charge in [-0.25, -0.2) is 4.79 Å². The van der Waals surface area contributed by atoms with Gasteiger partial charge in [-0.15, -0.1) is 0 Å². The Labute approximate surface area is 168 Å². The monoisotopic (exact) mass is 391 g/mol. The number of para-hydroxylation sites is 1. The maximum absolute atomic E-state index is 13.1. The highest BCUT2D eigenvalue weighted by Gasteiger charge is 2.19. The van der Waals surface area contributed by atoms with Crippen LogP contribution in [0.3, 0.4) is 0 Å². The molecule has 1 aliphatic rings. The summed E-state index contributed by atoms with van der Waals surface area (Å²) in [5, 5.41) is 3.48. The number of hydrogen-bond donors (Lipinski definition) is 1. The van der Waals surface area contributed by atoms with Crippen LogP contribution in [0.4, 0.5) is 0 Å². The zero-order valence-electron chi connectivity index (χ0n) is 16.3. The smallest absolute Gasteiger partial charge is 0.331 e. The molecule has 1 heterocycles. The number of nitrogens with one attached hydrogen (secondary N) is 1. The first-order valence-electron chi connectivity index (χ1n) is 10.2. The fraction of sp³-hybridized carbons (Fsp3) is 0.348. The molecule has 1 fully saturated rings. The third kappa shape index (κ3) is 4.16. The van der Waals surface area contributed by atoms with Gasteiger partial charge >= 0.3 is 5.69 Å². The number of rotatable bonds is 6. The van der Waals surface area contributed by atoms with Gasteiger partial charge in [-0.1, -0.05) is 55.3 Å². The summed E-state index contributed by atoms with van der Waals surface area (Å²) in [6.07, 6.45) is 4.79. The molecule has 6 heteroatoms. The van der Waals surface area contributed by atoms with E-state index in [-0.39, 0.29) is 30.6 Å². The van der Waals surface area contributed by atoms with Crippen LogP contribution in [0.1, 0.15) is 31.2 Å². The summed E-state index contributed by atoms with van der Waals surface area (Å²) in [5.41, 5.74) is 0.803. The predicted octanol–water partition coefficient (Wildman–Crippen LogP) is 2.46. The molecule has 3 aromatic rings. The van der Waals surface area contributed by atoms with Crippen LogP contribution in [0.15, 0.2) is 64.2 Å². The van der Waals surface area contributed by atoms with E-state index >= 15 is 0 Å². The Morgan fingerprint density at radius 3 is 2.38 bits per heavy atom. The molecule has 4 rings (SSSR count). The maximum Gasteiger partial charge on any atom is 0.331 e. The summed E-state index contributed by atoms with van der Waals surface area (Å²) in [4.78, 5) is 38.7. The van der Waals surface area contributed by atoms with E-state index < -0.39 is 5.69 Å². The van der Waals surface area contributed by atoms with Crippen molar-refractivity contribution in [1.29, 1.82) is 0 Å². The fourth-order valence-corrected chi connectivity index (χ4v) is 4.09. The van der Waals surface area contributed by atoms with E-state index in [1.54, 1.807) is 24.3 Å². The highest BCUT2D eigenvalue weighted by Crippen LogP contribution is 2.17. The second-order valence-corrected chi connectivity index (χ2v) is 7.63. The molecule has 150 valence electrons. The molecular formula is C23H25N3O3. The molecule has 0 atom stereocenters. The Hall–Kier alpha value is -3.15. The summed E-state index contributed by atoms with van der Waals surface area (Å²) in [6, 6.07) is 16.9. The standard InChI is InChI=1S/C23H25N3O3/c27-21(24-18-10-4-5-11-18)16-26-20-13-7-6-12-19(20)22(28)25(23(26)29)15-14-17-8-2-1-3-9-17/h1-3,6-9,12-13,18H,4-5,10-11,14-16H2,(H,24,27). The first-order valence-corrected chi connectivity index (χ1v) is 10.2. The SMILES string of the molecule is O=C(Cn1c(=O)n(CCc2ccccc2)c(=O)c2ccccc21)NC1CCCC1. The number of carbonyl (C=O) groups excluding carboxylic acids is 1. The molecule has 29 heavy (non-hydrogen) atoms. The second-order valence-electron chi connectivity index (χ2n) is 7.63. The van der Waals surface area contributed by atoms with Gasteiger partial charge in [0.2, 0.25) is 5.91 Å². The zero-order chi connectivity index (χ0) is 20.2. The van der Waals surface area contributed by atoms with Crippen LogP contribution >= 0.6 is 0 Å². The summed E-state index contributed by atoms with van der Waals surface area (Å²) >= 11 is 0. The molecular weight excluding hydrogens is 366 g/mol. The predicted molar refractivity (Wildman–Crippen MR) is 113 cm³/mol. The van der Waals surface area contributed by atoms with Gasteiger partial charge in [-0.2, -0.15) is 0 Å². The molecule has 0 unspecified atom stereocenters. The number of fused-ring (bicyclic) bond motifs is 1. The Balaban J connectivity index is 1.67. The number of carbonyl (C=O) groups is 1. The third-order valence-electron chi connectivity index (χ3n) is 5.62. The van der Waals surface area contributed by atoms with Crippen molar-refractivity contribution in [3.05, 3.63) is 81.0 Å². The third-order valence-corrected chi connectivity index (χ3v) is 5.62. The fourth-order valence-electron chi connectivity index (χ4n) is 4.09. The van der Waals surface area contributed by atoms with Crippen molar-refractivity contribution in [2.75, 3.05) is 0 Å². The molecule has 0 aliphatic heterocycles. The van der Waals surface area contributed by atoms with Gasteiger partial charge in [-0.05, 0) is 37.0 Å². The van der Waals surface area contributed by atoms with E-state index in [1.807, 2.05) is 30.3 Å². The molecule has 0 radical (unpaired) electrons. The van der Waals surface area contributed by atoms with Gasteiger partial charge < -0.3 is 5.32 Å². The van der Waals surface area contributed by atoms with E-state index in [0.717, 1.165) is 31.2 Å². The maximum atomic E-state index is 13.1. The van der Waals surface area contributed by atoms with E-state index in [9.17, 15) is 14.4 Å². The van der Waals surface area contributed by atoms with Gasteiger partial charge in [0, 0.05) is 12.6 Å². The first kappa shape index (κ1) is 19.2. The van der Waals surface area contributed by atoms with E-state index in [0.29, 0.717) is 17.3 Å². The number of hydrogen-bond acceptors (Lipinski definition) is 3. The van der Waals surface area contributed by atoms with Crippen LogP contribution in [0.25, 0.3) is 10.9 Å². The van der Waals surface area contributed by atoms with Crippen molar-refractivity contribution in [2.24, 2.45) is 0 Å². The topological polar surface area (TPSA) is 73.1 Å². The van der Waals surface area contributed by atoms with Gasteiger partial charge in [0.05, 0.1) is 10.9 Å². The van der Waals surface area contributed by atoms with Crippen molar-refractivity contribution in [3.8, 4) is 0 Å². The van der Waals surface area contributed by atoms with Crippen molar-refractivity contribution in [2.45, 2.75) is 51.2 Å². The minimum Gasteiger partial charge on any atom is -0.352 e. The average molecular weight is 391 g/mol. The number of benzene rings is 2. The molecule has 1 amide bonds. The van der Waals surface area contributed by atoms with Gasteiger partial charge in [-0.3, -0.25) is 18.7 Å². The lowest BCUT2D eigenvalue weighted by molar-refractivity contribution is -0.122. The summed E-state index contributed by atoms with van der Waals surface area (Å²) < 4.78 is 2.67. The lowest BCUT2D eigenvalue weighted by atomic mass is 10.1. The number of nitrogens with zero attached hydrogens (tertiary/aromatic N) is 2. The van der Waals surface area contributed by atoms with E-state index in [1.165, 1.54) is 9.13 Å². The molecule has 6 nitrogen and oxygen atoms in total. The van der Waals surface area contributed by atoms with Crippen molar-refractivity contribution >= 4 is 16.8 Å². The quantitative estimate of drug-likeness (QED) is 0.702. The number of aromatic nitrogens is 2. The van der Waals surface area contributed by atoms with Crippen molar-refractivity contribution < 1.29 is 4.79 Å². The highest BCUT2D eigenvalue weighted by molar-refractivity contribution is 5.81. The van der Waals surface area contributed by atoms with Crippen LogP contribution in [0.5, 0.6) is 0 Å². The molecule has 1 aliphatic carbocycles. The Bertz CT molecular complexity index is 1130. The summed E-state index contributed by atoms with van der Waals surface area (Å²) in [7, 11) is 0. The van der Waals surface area contributed by atoms with E-state index in [2.05, 4.69) is 5.32 Å². The largest absolute Gasteiger partial charge is 0.352 e. The van der Waals surface area contributed by atoms with Crippen molar-refractivity contribution in [3.63, 3.8) is 0 Å². The number of amides is 1. The van der Waals surface area contributed by atoms with Crippen LogP contribution in [-0.2, 0) is 24.3 Å². The Morgan fingerprint density at radius 2 is 1.62 bits per heavy atom. The highest BCUT2D eigenvalue weighted by atomic mass is 16.2. The normalized spacial score (nSPS) is 14.3. The van der Waals surface area contributed by atoms with Gasteiger partial charge in [0.25, 0.3) is 5.56 Å². The van der Waals surface area contributed by atoms with E-state index in [4.69, 9.17) is 0 Å². The lowest BCUT2D eigenvalue weighted by Gasteiger charge is -2.16. The first-order chi connectivity index (χ1) is 14.1. The molecule has 0 bridgehead atoms. The minimum absolute atomic E-state index is 0.0819. The van der Waals surface area contributed by atoms with Crippen LogP contribution in [-0.4, -0.2) is 21.1 Å². The van der Waals surface area contributed by atoms with Gasteiger partial charge in [0.15, 0.2) is 0 Å². The zero-order valence-corrected chi connectivity index (χ0v) is 16.3. The van der Waals surface area contributed by atoms with Crippen LogP contribution in [0.2, 0.25) is 0 Å². The Morgan fingerprint density at radius 1 is 0.931 bits per heavy atom. The van der Waals surface area contributed by atoms with Gasteiger partial charge in [0.1, 0.15) is 6.54 Å². The molecule has 0 saturated heterocycles. The van der Waals surface area contributed by atoms with Crippen molar-refractivity contribution in [1.82, 2.24) is 14.5 Å².